The summed E-state index contributed by atoms with van der Waals surface area (Å²) >= 11 is 0. The predicted octanol–water partition coefficient (Wildman–Crippen LogP) is 5.45. The Morgan fingerprint density at radius 3 is 2.57 bits per heavy atom. The van der Waals surface area contributed by atoms with Crippen LogP contribution in [-0.2, 0) is 5.41 Å². The smallest absolute Gasteiger partial charge is 0.0413 e. The molecule has 0 bridgehead atoms. The van der Waals surface area contributed by atoms with Gasteiger partial charge in [-0.1, -0.05) is 48.1 Å². The Labute approximate surface area is 128 Å². The normalized spacial score (nSPS) is 22.6. The van der Waals surface area contributed by atoms with Crippen LogP contribution in [0.2, 0.25) is 0 Å². The number of aryl methyl sites for hydroxylation is 1. The van der Waals surface area contributed by atoms with Gasteiger partial charge < -0.3 is 0 Å². The van der Waals surface area contributed by atoms with Crippen LogP contribution in [0.4, 0.5) is 0 Å². The zero-order chi connectivity index (χ0) is 15.6. The zero-order valence-corrected chi connectivity index (χ0v) is 13.7. The Balaban J connectivity index is 2.49. The third kappa shape index (κ3) is 2.78. The van der Waals surface area contributed by atoms with E-state index in [4.69, 9.17) is 0 Å². The third-order valence-corrected chi connectivity index (χ3v) is 4.67. The lowest BCUT2D eigenvalue weighted by molar-refractivity contribution is 0.527. The molecule has 0 fully saturated rings. The summed E-state index contributed by atoms with van der Waals surface area (Å²) in [6.07, 6.45) is 8.08. The molecule has 1 aliphatic carbocycles. The van der Waals surface area contributed by atoms with Crippen molar-refractivity contribution in [2.24, 2.45) is 0 Å². The molecular formula is C20H25N. The average Bonchev–Trinajstić information content (AvgIpc) is 2.77. The van der Waals surface area contributed by atoms with Gasteiger partial charge in [-0.25, -0.2) is 0 Å². The van der Waals surface area contributed by atoms with Crippen LogP contribution in [0.15, 0.2) is 65.9 Å². The third-order valence-electron chi connectivity index (χ3n) is 4.67. The van der Waals surface area contributed by atoms with Crippen LogP contribution in [0.25, 0.3) is 0 Å². The van der Waals surface area contributed by atoms with E-state index in [-0.39, 0.29) is 5.41 Å². The van der Waals surface area contributed by atoms with Crippen molar-refractivity contribution in [1.29, 1.82) is 0 Å². The van der Waals surface area contributed by atoms with Crippen molar-refractivity contribution in [3.8, 4) is 0 Å². The van der Waals surface area contributed by atoms with Gasteiger partial charge in [-0.05, 0) is 57.7 Å². The molecule has 2 rings (SSSR count). The molecule has 1 aromatic heterocycles. The van der Waals surface area contributed by atoms with Gasteiger partial charge in [0.2, 0.25) is 0 Å². The van der Waals surface area contributed by atoms with Crippen LogP contribution in [0.5, 0.6) is 0 Å². The molecule has 1 heteroatoms. The molecule has 0 spiro atoms. The standard InChI is InChI=1S/C20H25N/c1-7-15(4)11-18-13-20(14(2)3,12-16(18)5)19-9-8-10-21-17(19)6/h7-11H,1-2,12-13H2,3-6H3/b15-11-. The molecule has 21 heavy (non-hydrogen) atoms. The molecule has 0 saturated carbocycles. The van der Waals surface area contributed by atoms with Crippen molar-refractivity contribution in [3.05, 3.63) is 77.2 Å². The molecule has 1 aliphatic rings. The summed E-state index contributed by atoms with van der Waals surface area (Å²) in [5.41, 5.74) is 7.72. The molecule has 0 radical (unpaired) electrons. The highest BCUT2D eigenvalue weighted by Gasteiger charge is 2.40. The lowest BCUT2D eigenvalue weighted by atomic mass is 9.71. The molecule has 0 aliphatic heterocycles. The maximum Gasteiger partial charge on any atom is 0.0413 e. The van der Waals surface area contributed by atoms with E-state index >= 15 is 0 Å². The minimum absolute atomic E-state index is 0.00426. The van der Waals surface area contributed by atoms with Crippen LogP contribution < -0.4 is 0 Å². The molecule has 0 aromatic carbocycles. The number of hydrogen-bond donors (Lipinski definition) is 0. The summed E-state index contributed by atoms with van der Waals surface area (Å²) in [6.45, 7) is 16.7. The molecule has 0 N–H and O–H groups in total. The monoisotopic (exact) mass is 279 g/mol. The van der Waals surface area contributed by atoms with Gasteiger partial charge in [-0.15, -0.1) is 0 Å². The van der Waals surface area contributed by atoms with Crippen molar-refractivity contribution in [2.45, 2.75) is 46.0 Å². The number of aromatic nitrogens is 1. The van der Waals surface area contributed by atoms with Gasteiger partial charge >= 0.3 is 0 Å². The fourth-order valence-electron chi connectivity index (χ4n) is 3.32. The fraction of sp³-hybridized carbons (Fsp3) is 0.350. The van der Waals surface area contributed by atoms with E-state index in [1.54, 1.807) is 0 Å². The molecule has 1 aromatic rings. The summed E-state index contributed by atoms with van der Waals surface area (Å²) in [7, 11) is 0. The highest BCUT2D eigenvalue weighted by molar-refractivity contribution is 5.49. The van der Waals surface area contributed by atoms with E-state index in [2.05, 4.69) is 58.0 Å². The molecule has 1 unspecified atom stereocenters. The van der Waals surface area contributed by atoms with E-state index in [1.165, 1.54) is 27.9 Å². The summed E-state index contributed by atoms with van der Waals surface area (Å²) in [5, 5.41) is 0. The molecule has 0 amide bonds. The molecule has 1 atom stereocenters. The second-order valence-corrected chi connectivity index (χ2v) is 6.25. The van der Waals surface area contributed by atoms with E-state index in [0.717, 1.165) is 18.5 Å². The van der Waals surface area contributed by atoms with Crippen LogP contribution in [0.1, 0.15) is 44.9 Å². The summed E-state index contributed by atoms with van der Waals surface area (Å²) in [5.74, 6) is 0. The van der Waals surface area contributed by atoms with Gasteiger partial charge in [0.05, 0.1) is 0 Å². The van der Waals surface area contributed by atoms with Gasteiger partial charge in [0.1, 0.15) is 0 Å². The second-order valence-electron chi connectivity index (χ2n) is 6.25. The van der Waals surface area contributed by atoms with Crippen LogP contribution in [0, 0.1) is 6.92 Å². The first-order valence-electron chi connectivity index (χ1n) is 7.48. The Morgan fingerprint density at radius 2 is 2.00 bits per heavy atom. The lowest BCUT2D eigenvalue weighted by Crippen LogP contribution is -2.26. The zero-order valence-electron chi connectivity index (χ0n) is 13.7. The number of pyridine rings is 1. The summed E-state index contributed by atoms with van der Waals surface area (Å²) in [6, 6.07) is 4.24. The lowest BCUT2D eigenvalue weighted by Gasteiger charge is -2.32. The highest BCUT2D eigenvalue weighted by atomic mass is 14.7. The second kappa shape index (κ2) is 5.85. The first kappa shape index (κ1) is 15.5. The number of nitrogens with zero attached hydrogens (tertiary/aromatic N) is 1. The highest BCUT2D eigenvalue weighted by Crippen LogP contribution is 2.49. The maximum atomic E-state index is 4.49. The molecule has 110 valence electrons. The summed E-state index contributed by atoms with van der Waals surface area (Å²) < 4.78 is 0. The Kier molecular flexibility index (Phi) is 4.32. The van der Waals surface area contributed by atoms with Crippen LogP contribution >= 0.6 is 0 Å². The van der Waals surface area contributed by atoms with E-state index in [1.807, 2.05) is 18.3 Å². The first-order chi connectivity index (χ1) is 9.90. The van der Waals surface area contributed by atoms with Crippen molar-refractivity contribution >= 4 is 0 Å². The Morgan fingerprint density at radius 1 is 1.29 bits per heavy atom. The van der Waals surface area contributed by atoms with Gasteiger partial charge in [0.25, 0.3) is 0 Å². The van der Waals surface area contributed by atoms with Crippen molar-refractivity contribution < 1.29 is 0 Å². The number of rotatable bonds is 4. The minimum Gasteiger partial charge on any atom is -0.261 e. The SMILES string of the molecule is C=C/C(C)=C\C1=C(C)CC(C(=C)C)(c2cccnc2C)C1. The van der Waals surface area contributed by atoms with Crippen molar-refractivity contribution in [1.82, 2.24) is 4.98 Å². The van der Waals surface area contributed by atoms with Crippen LogP contribution in [0.3, 0.4) is 0 Å². The minimum atomic E-state index is -0.00426. The fourth-order valence-corrected chi connectivity index (χ4v) is 3.32. The van der Waals surface area contributed by atoms with Crippen molar-refractivity contribution in [3.63, 3.8) is 0 Å². The van der Waals surface area contributed by atoms with Crippen LogP contribution in [-0.4, -0.2) is 4.98 Å². The molecular weight excluding hydrogens is 254 g/mol. The maximum absolute atomic E-state index is 4.49. The van der Waals surface area contributed by atoms with Gasteiger partial charge in [-0.2, -0.15) is 0 Å². The molecule has 1 heterocycles. The summed E-state index contributed by atoms with van der Waals surface area (Å²) in [4.78, 5) is 4.49. The quantitative estimate of drug-likeness (QED) is 0.528. The number of hydrogen-bond acceptors (Lipinski definition) is 1. The molecule has 0 saturated heterocycles. The van der Waals surface area contributed by atoms with Gasteiger partial charge in [-0.3, -0.25) is 4.98 Å². The topological polar surface area (TPSA) is 12.9 Å². The Hall–Kier alpha value is -1.89. The van der Waals surface area contributed by atoms with E-state index in [0.29, 0.717) is 0 Å². The van der Waals surface area contributed by atoms with Crippen molar-refractivity contribution in [2.75, 3.05) is 0 Å². The average molecular weight is 279 g/mol. The van der Waals surface area contributed by atoms with E-state index in [9.17, 15) is 0 Å². The predicted molar refractivity (Wildman–Crippen MR) is 91.4 cm³/mol. The molecule has 1 nitrogen and oxygen atoms in total. The largest absolute Gasteiger partial charge is 0.261 e. The number of allylic oxidation sites excluding steroid dienone is 6. The van der Waals surface area contributed by atoms with E-state index < -0.39 is 0 Å². The Bertz CT molecular complexity index is 646. The van der Waals surface area contributed by atoms with Gasteiger partial charge in [0, 0.05) is 17.3 Å². The first-order valence-corrected chi connectivity index (χ1v) is 7.48. The van der Waals surface area contributed by atoms with Gasteiger partial charge in [0.15, 0.2) is 0 Å².